The van der Waals surface area contributed by atoms with Crippen LogP contribution in [0, 0.1) is 0 Å². The number of nitrogens with zero attached hydrogens (tertiary/aromatic N) is 4. The van der Waals surface area contributed by atoms with E-state index in [1.807, 2.05) is 34.0 Å². The van der Waals surface area contributed by atoms with Gasteiger partial charge >= 0.3 is 0 Å². The molecule has 114 valence electrons. The van der Waals surface area contributed by atoms with Crippen molar-refractivity contribution in [3.05, 3.63) is 24.3 Å². The predicted molar refractivity (Wildman–Crippen MR) is 81.3 cm³/mol. The van der Waals surface area contributed by atoms with Gasteiger partial charge in [0, 0.05) is 31.5 Å². The van der Waals surface area contributed by atoms with E-state index < -0.39 is 5.60 Å². The molecule has 0 saturated carbocycles. The molecule has 0 aliphatic carbocycles. The van der Waals surface area contributed by atoms with Gasteiger partial charge < -0.3 is 10.2 Å². The van der Waals surface area contributed by atoms with Crippen molar-refractivity contribution in [2.75, 3.05) is 12.0 Å². The molecule has 7 nitrogen and oxygen atoms in total. The topological polar surface area (TPSA) is 90.9 Å². The van der Waals surface area contributed by atoms with Crippen molar-refractivity contribution < 1.29 is 4.74 Å². The number of hydrogen-bond donors (Lipinski definition) is 2. The largest absolute Gasteiger partial charge is 0.368 e. The van der Waals surface area contributed by atoms with Crippen LogP contribution in [-0.4, -0.2) is 26.4 Å². The number of rotatable bonds is 6. The average molecular weight is 290 g/mol. The Hall–Kier alpha value is -1.99. The lowest BCUT2D eigenvalue weighted by Gasteiger charge is -2.27. The first kappa shape index (κ1) is 15.4. The number of aromatic nitrogens is 4. The molecule has 3 N–H and O–H groups in total. The van der Waals surface area contributed by atoms with E-state index in [1.54, 1.807) is 16.9 Å². The maximum atomic E-state index is 5.85. The van der Waals surface area contributed by atoms with E-state index in [4.69, 9.17) is 10.6 Å². The minimum atomic E-state index is -0.543. The van der Waals surface area contributed by atoms with Gasteiger partial charge in [-0.15, -0.1) is 0 Å². The number of aryl methyl sites for hydroxylation is 1. The third-order valence-corrected chi connectivity index (χ3v) is 3.49. The van der Waals surface area contributed by atoms with Crippen molar-refractivity contribution in [3.8, 4) is 11.3 Å². The van der Waals surface area contributed by atoms with Crippen LogP contribution in [0.4, 0.5) is 5.82 Å². The summed E-state index contributed by atoms with van der Waals surface area (Å²) in [6.45, 7) is 6.58. The van der Waals surface area contributed by atoms with Gasteiger partial charge in [-0.2, -0.15) is 5.10 Å². The highest BCUT2D eigenvalue weighted by Crippen LogP contribution is 2.29. The van der Waals surface area contributed by atoms with Crippen LogP contribution in [-0.2, 0) is 17.4 Å². The van der Waals surface area contributed by atoms with Gasteiger partial charge in [-0.1, -0.05) is 6.92 Å². The van der Waals surface area contributed by atoms with Crippen LogP contribution in [0.15, 0.2) is 18.5 Å². The Morgan fingerprint density at radius 2 is 2.14 bits per heavy atom. The van der Waals surface area contributed by atoms with Crippen molar-refractivity contribution >= 4 is 5.82 Å². The lowest BCUT2D eigenvalue weighted by atomic mass is 10.0. The first-order chi connectivity index (χ1) is 10.0. The average Bonchev–Trinajstić information content (AvgIpc) is 2.93. The van der Waals surface area contributed by atoms with Crippen LogP contribution in [0.1, 0.15) is 33.0 Å². The Labute approximate surface area is 124 Å². The molecular formula is C14H22N6O. The number of ether oxygens (including phenoxy) is 1. The molecule has 21 heavy (non-hydrogen) atoms. The first-order valence-corrected chi connectivity index (χ1v) is 7.01. The van der Waals surface area contributed by atoms with Crippen molar-refractivity contribution in [1.29, 1.82) is 0 Å². The summed E-state index contributed by atoms with van der Waals surface area (Å²) in [5, 5.41) is 4.17. The number of hydrogen-bond acceptors (Lipinski definition) is 6. The minimum absolute atomic E-state index is 0.543. The molecular weight excluding hydrogens is 268 g/mol. The summed E-state index contributed by atoms with van der Waals surface area (Å²) < 4.78 is 7.58. The van der Waals surface area contributed by atoms with Crippen LogP contribution >= 0.6 is 0 Å². The molecule has 0 aromatic carbocycles. The van der Waals surface area contributed by atoms with E-state index in [2.05, 4.69) is 20.5 Å². The highest BCUT2D eigenvalue weighted by atomic mass is 16.5. The monoisotopic (exact) mass is 290 g/mol. The Morgan fingerprint density at radius 3 is 2.67 bits per heavy atom. The highest BCUT2D eigenvalue weighted by molar-refractivity contribution is 5.60. The minimum Gasteiger partial charge on any atom is -0.368 e. The standard InChI is InChI=1S/C14H22N6O/c1-5-14(3,21-6-2)13-17-11(7-12(18-13)19-15)10-8-16-20(4)9-10/h7-9H,5-6,15H2,1-4H3,(H,17,18,19). The maximum absolute atomic E-state index is 5.85. The second-order valence-electron chi connectivity index (χ2n) is 5.03. The van der Waals surface area contributed by atoms with Gasteiger partial charge in [0.25, 0.3) is 0 Å². The fourth-order valence-corrected chi connectivity index (χ4v) is 2.10. The van der Waals surface area contributed by atoms with Crippen LogP contribution in [0.2, 0.25) is 0 Å². The van der Waals surface area contributed by atoms with E-state index in [-0.39, 0.29) is 0 Å². The molecule has 7 heteroatoms. The molecule has 0 bridgehead atoms. The smallest absolute Gasteiger partial charge is 0.162 e. The highest BCUT2D eigenvalue weighted by Gasteiger charge is 2.29. The molecule has 2 rings (SSSR count). The van der Waals surface area contributed by atoms with E-state index in [0.717, 1.165) is 17.7 Å². The third kappa shape index (κ3) is 3.20. The van der Waals surface area contributed by atoms with Gasteiger partial charge in [0.05, 0.1) is 11.9 Å². The summed E-state index contributed by atoms with van der Waals surface area (Å²) in [5.74, 6) is 6.69. The number of nitrogens with two attached hydrogens (primary N) is 1. The molecule has 0 radical (unpaired) electrons. The zero-order valence-corrected chi connectivity index (χ0v) is 12.9. The van der Waals surface area contributed by atoms with E-state index >= 15 is 0 Å². The number of hydrazine groups is 1. The molecule has 0 spiro atoms. The summed E-state index contributed by atoms with van der Waals surface area (Å²) in [6, 6.07) is 1.79. The Bertz CT molecular complexity index is 611. The molecule has 1 unspecified atom stereocenters. The van der Waals surface area contributed by atoms with Crippen LogP contribution in [0.3, 0.4) is 0 Å². The maximum Gasteiger partial charge on any atom is 0.162 e. The first-order valence-electron chi connectivity index (χ1n) is 7.01. The summed E-state index contributed by atoms with van der Waals surface area (Å²) in [4.78, 5) is 9.09. The Kier molecular flexibility index (Phi) is 4.54. The van der Waals surface area contributed by atoms with Crippen LogP contribution in [0.5, 0.6) is 0 Å². The van der Waals surface area contributed by atoms with Crippen molar-refractivity contribution in [3.63, 3.8) is 0 Å². The molecule has 2 aromatic rings. The SMILES string of the molecule is CCOC(C)(CC)c1nc(NN)cc(-c2cnn(C)c2)n1. The van der Waals surface area contributed by atoms with Gasteiger partial charge in [-0.25, -0.2) is 15.8 Å². The molecule has 0 aliphatic rings. The summed E-state index contributed by atoms with van der Waals surface area (Å²) in [7, 11) is 1.87. The number of anilines is 1. The third-order valence-electron chi connectivity index (χ3n) is 3.49. The fraction of sp³-hybridized carbons (Fsp3) is 0.500. The summed E-state index contributed by atoms with van der Waals surface area (Å²) in [5.41, 5.74) is 3.72. The molecule has 1 atom stereocenters. The molecule has 0 fully saturated rings. The molecule has 0 amide bonds. The summed E-state index contributed by atoms with van der Waals surface area (Å²) >= 11 is 0. The Balaban J connectivity index is 2.52. The van der Waals surface area contributed by atoms with Gasteiger partial charge in [0.1, 0.15) is 11.4 Å². The number of nitrogens with one attached hydrogen (secondary N) is 1. The van der Waals surface area contributed by atoms with Gasteiger partial charge in [-0.05, 0) is 20.3 Å². The fourth-order valence-electron chi connectivity index (χ4n) is 2.10. The Morgan fingerprint density at radius 1 is 1.38 bits per heavy atom. The second kappa shape index (κ2) is 6.19. The number of nitrogen functional groups attached to an aromatic ring is 1. The van der Waals surface area contributed by atoms with Crippen molar-refractivity contribution in [2.45, 2.75) is 32.8 Å². The van der Waals surface area contributed by atoms with Crippen LogP contribution < -0.4 is 11.3 Å². The second-order valence-corrected chi connectivity index (χ2v) is 5.03. The van der Waals surface area contributed by atoms with Crippen LogP contribution in [0.25, 0.3) is 11.3 Å². The van der Waals surface area contributed by atoms with Crippen molar-refractivity contribution in [1.82, 2.24) is 19.7 Å². The summed E-state index contributed by atoms with van der Waals surface area (Å²) in [6.07, 6.45) is 4.42. The molecule has 0 aliphatic heterocycles. The molecule has 2 aromatic heterocycles. The van der Waals surface area contributed by atoms with Gasteiger partial charge in [0.15, 0.2) is 5.82 Å². The predicted octanol–water partition coefficient (Wildman–Crippen LogP) is 1.82. The van der Waals surface area contributed by atoms with Crippen molar-refractivity contribution in [2.24, 2.45) is 12.9 Å². The zero-order chi connectivity index (χ0) is 15.5. The molecule has 2 heterocycles. The van der Waals surface area contributed by atoms with E-state index in [0.29, 0.717) is 18.2 Å². The normalized spacial score (nSPS) is 14.0. The van der Waals surface area contributed by atoms with E-state index in [1.165, 1.54) is 0 Å². The quantitative estimate of drug-likeness (QED) is 0.623. The van der Waals surface area contributed by atoms with Gasteiger partial charge in [0.2, 0.25) is 0 Å². The lowest BCUT2D eigenvalue weighted by Crippen LogP contribution is -2.28. The lowest BCUT2D eigenvalue weighted by molar-refractivity contribution is -0.0388. The van der Waals surface area contributed by atoms with E-state index in [9.17, 15) is 0 Å². The van der Waals surface area contributed by atoms with Gasteiger partial charge in [-0.3, -0.25) is 4.68 Å². The zero-order valence-electron chi connectivity index (χ0n) is 12.9. The molecule has 0 saturated heterocycles.